The van der Waals surface area contributed by atoms with Crippen molar-refractivity contribution in [2.75, 3.05) is 13.6 Å². The van der Waals surface area contributed by atoms with E-state index in [1.165, 1.54) is 19.8 Å². The SMILES string of the molecule is CC(=O)c1noc(C2CCCCN2C)n1. The number of rotatable bonds is 2. The fraction of sp³-hybridized carbons (Fsp3) is 0.700. The molecule has 0 saturated carbocycles. The van der Waals surface area contributed by atoms with Gasteiger partial charge >= 0.3 is 0 Å². The van der Waals surface area contributed by atoms with E-state index in [-0.39, 0.29) is 17.6 Å². The highest BCUT2D eigenvalue weighted by molar-refractivity contribution is 5.89. The number of hydrogen-bond donors (Lipinski definition) is 0. The second kappa shape index (κ2) is 4.10. The fourth-order valence-corrected chi connectivity index (χ4v) is 1.90. The van der Waals surface area contributed by atoms with Gasteiger partial charge in [0.2, 0.25) is 17.5 Å². The summed E-state index contributed by atoms with van der Waals surface area (Å²) in [6.45, 7) is 2.49. The van der Waals surface area contributed by atoms with E-state index in [2.05, 4.69) is 15.0 Å². The highest BCUT2D eigenvalue weighted by Crippen LogP contribution is 2.28. The molecule has 0 aromatic carbocycles. The number of hydrogen-bond acceptors (Lipinski definition) is 5. The molecule has 1 aliphatic heterocycles. The van der Waals surface area contributed by atoms with Gasteiger partial charge in [-0.25, -0.2) is 0 Å². The molecule has 1 unspecified atom stereocenters. The van der Waals surface area contributed by atoms with Gasteiger partial charge < -0.3 is 4.52 Å². The minimum atomic E-state index is -0.150. The van der Waals surface area contributed by atoms with Gasteiger partial charge in [-0.1, -0.05) is 11.6 Å². The molecule has 2 heterocycles. The largest absolute Gasteiger partial charge is 0.337 e. The number of Topliss-reactive ketones (excluding diaryl/α,β-unsaturated/α-hetero) is 1. The molecule has 0 N–H and O–H groups in total. The Balaban J connectivity index is 2.17. The van der Waals surface area contributed by atoms with Crippen LogP contribution in [0.3, 0.4) is 0 Å². The van der Waals surface area contributed by atoms with Crippen LogP contribution in [-0.2, 0) is 0 Å². The third-order valence-corrected chi connectivity index (χ3v) is 2.81. The Labute approximate surface area is 88.5 Å². The van der Waals surface area contributed by atoms with E-state index in [4.69, 9.17) is 4.52 Å². The van der Waals surface area contributed by atoms with Crippen molar-refractivity contribution in [2.24, 2.45) is 0 Å². The van der Waals surface area contributed by atoms with Crippen LogP contribution >= 0.6 is 0 Å². The number of piperidine rings is 1. The molecule has 0 aliphatic carbocycles. The summed E-state index contributed by atoms with van der Waals surface area (Å²) in [4.78, 5) is 17.3. The van der Waals surface area contributed by atoms with E-state index in [9.17, 15) is 4.79 Å². The van der Waals surface area contributed by atoms with E-state index in [1.54, 1.807) is 0 Å². The van der Waals surface area contributed by atoms with Crippen LogP contribution < -0.4 is 0 Å². The van der Waals surface area contributed by atoms with Crippen LogP contribution in [0, 0.1) is 0 Å². The Morgan fingerprint density at radius 1 is 1.53 bits per heavy atom. The number of ketones is 1. The topological polar surface area (TPSA) is 59.2 Å². The maximum absolute atomic E-state index is 11.0. The monoisotopic (exact) mass is 209 g/mol. The van der Waals surface area contributed by atoms with Gasteiger partial charge in [0.1, 0.15) is 0 Å². The summed E-state index contributed by atoms with van der Waals surface area (Å²) in [6, 6.07) is 0.180. The Hall–Kier alpha value is -1.23. The highest BCUT2D eigenvalue weighted by atomic mass is 16.5. The Bertz CT molecular complexity index is 361. The Morgan fingerprint density at radius 3 is 2.93 bits per heavy atom. The molecule has 1 saturated heterocycles. The average Bonchev–Trinajstić information content (AvgIpc) is 2.67. The molecule has 1 atom stereocenters. The molecule has 15 heavy (non-hydrogen) atoms. The summed E-state index contributed by atoms with van der Waals surface area (Å²) in [6.07, 6.45) is 3.41. The van der Waals surface area contributed by atoms with Crippen LogP contribution in [-0.4, -0.2) is 34.4 Å². The molecule has 1 aliphatic rings. The first-order chi connectivity index (χ1) is 7.18. The summed E-state index contributed by atoms with van der Waals surface area (Å²) in [5.41, 5.74) is 0. The first-order valence-corrected chi connectivity index (χ1v) is 5.23. The van der Waals surface area contributed by atoms with Crippen LogP contribution in [0.25, 0.3) is 0 Å². The first-order valence-electron chi connectivity index (χ1n) is 5.23. The molecule has 5 nitrogen and oxygen atoms in total. The summed E-state index contributed by atoms with van der Waals surface area (Å²) in [7, 11) is 2.04. The molecule has 2 rings (SSSR count). The van der Waals surface area contributed by atoms with E-state index in [0.717, 1.165) is 13.0 Å². The maximum Gasteiger partial charge on any atom is 0.244 e. The van der Waals surface area contributed by atoms with Crippen LogP contribution in [0.1, 0.15) is 48.7 Å². The second-order valence-electron chi connectivity index (χ2n) is 4.00. The zero-order chi connectivity index (χ0) is 10.8. The molecule has 0 spiro atoms. The summed E-state index contributed by atoms with van der Waals surface area (Å²) in [5, 5.41) is 3.66. The van der Waals surface area contributed by atoms with Gasteiger partial charge in [-0.15, -0.1) is 0 Å². The maximum atomic E-state index is 11.0. The van der Waals surface area contributed by atoms with Crippen molar-refractivity contribution < 1.29 is 9.32 Å². The molecular formula is C10H15N3O2. The highest BCUT2D eigenvalue weighted by Gasteiger charge is 2.26. The zero-order valence-electron chi connectivity index (χ0n) is 9.06. The van der Waals surface area contributed by atoms with E-state index >= 15 is 0 Å². The van der Waals surface area contributed by atoms with E-state index < -0.39 is 0 Å². The van der Waals surface area contributed by atoms with E-state index in [0.29, 0.717) is 5.89 Å². The predicted molar refractivity (Wildman–Crippen MR) is 53.5 cm³/mol. The summed E-state index contributed by atoms with van der Waals surface area (Å²) in [5.74, 6) is 0.606. The molecule has 1 fully saturated rings. The molecular weight excluding hydrogens is 194 g/mol. The lowest BCUT2D eigenvalue weighted by Crippen LogP contribution is -2.29. The smallest absolute Gasteiger partial charge is 0.244 e. The lowest BCUT2D eigenvalue weighted by atomic mass is 10.0. The van der Waals surface area contributed by atoms with Gasteiger partial charge in [-0.05, 0) is 26.4 Å². The normalized spacial score (nSPS) is 22.9. The second-order valence-corrected chi connectivity index (χ2v) is 4.00. The number of likely N-dealkylation sites (tertiary alicyclic amines) is 1. The van der Waals surface area contributed by atoms with Crippen LogP contribution in [0.15, 0.2) is 4.52 Å². The van der Waals surface area contributed by atoms with Crippen molar-refractivity contribution >= 4 is 5.78 Å². The number of carbonyl (C=O) groups excluding carboxylic acids is 1. The van der Waals surface area contributed by atoms with Crippen LogP contribution in [0.4, 0.5) is 0 Å². The Morgan fingerprint density at radius 2 is 2.33 bits per heavy atom. The fourth-order valence-electron chi connectivity index (χ4n) is 1.90. The lowest BCUT2D eigenvalue weighted by Gasteiger charge is -2.29. The quantitative estimate of drug-likeness (QED) is 0.689. The van der Waals surface area contributed by atoms with Crippen molar-refractivity contribution in [3.63, 3.8) is 0 Å². The average molecular weight is 209 g/mol. The van der Waals surface area contributed by atoms with Gasteiger partial charge in [0.05, 0.1) is 6.04 Å². The van der Waals surface area contributed by atoms with Crippen molar-refractivity contribution in [1.29, 1.82) is 0 Å². The van der Waals surface area contributed by atoms with Crippen LogP contribution in [0.2, 0.25) is 0 Å². The van der Waals surface area contributed by atoms with Crippen molar-refractivity contribution in [3.05, 3.63) is 11.7 Å². The minimum absolute atomic E-state index is 0.150. The third-order valence-electron chi connectivity index (χ3n) is 2.81. The van der Waals surface area contributed by atoms with Crippen LogP contribution in [0.5, 0.6) is 0 Å². The molecule has 5 heteroatoms. The lowest BCUT2D eigenvalue weighted by molar-refractivity contribution is 0.100. The van der Waals surface area contributed by atoms with Gasteiger partial charge in [0, 0.05) is 6.92 Å². The van der Waals surface area contributed by atoms with Crippen molar-refractivity contribution in [1.82, 2.24) is 15.0 Å². The van der Waals surface area contributed by atoms with Gasteiger partial charge in [0.15, 0.2) is 0 Å². The number of nitrogens with zero attached hydrogens (tertiary/aromatic N) is 3. The van der Waals surface area contributed by atoms with Crippen molar-refractivity contribution in [2.45, 2.75) is 32.2 Å². The zero-order valence-corrected chi connectivity index (χ0v) is 9.06. The molecule has 0 amide bonds. The molecule has 1 aromatic rings. The van der Waals surface area contributed by atoms with Gasteiger partial charge in [0.25, 0.3) is 0 Å². The predicted octanol–water partition coefficient (Wildman–Crippen LogP) is 1.43. The Kier molecular flexibility index (Phi) is 2.81. The van der Waals surface area contributed by atoms with E-state index in [1.807, 2.05) is 7.05 Å². The summed E-state index contributed by atoms with van der Waals surface area (Å²) < 4.78 is 5.11. The minimum Gasteiger partial charge on any atom is -0.337 e. The number of carbonyl (C=O) groups is 1. The molecule has 82 valence electrons. The molecule has 0 radical (unpaired) electrons. The first kappa shape index (κ1) is 10.3. The molecule has 1 aromatic heterocycles. The van der Waals surface area contributed by atoms with Gasteiger partial charge in [-0.2, -0.15) is 4.98 Å². The van der Waals surface area contributed by atoms with Gasteiger partial charge in [-0.3, -0.25) is 9.69 Å². The number of aromatic nitrogens is 2. The summed E-state index contributed by atoms with van der Waals surface area (Å²) >= 11 is 0. The molecule has 0 bridgehead atoms. The van der Waals surface area contributed by atoms with Crippen molar-refractivity contribution in [3.8, 4) is 0 Å². The third kappa shape index (κ3) is 2.07. The standard InChI is InChI=1S/C10H15N3O2/c1-7(14)9-11-10(15-12-9)8-5-3-4-6-13(8)2/h8H,3-6H2,1-2H3.